The first-order chi connectivity index (χ1) is 12.7. The first kappa shape index (κ1) is 19.3. The number of carbonyl (C=O) groups excluding carboxylic acids is 2. The summed E-state index contributed by atoms with van der Waals surface area (Å²) in [5.74, 6) is -1.04. The highest BCUT2D eigenvalue weighted by atomic mass is 16.5. The number of fused-ring (bicyclic) bond motifs is 3. The highest BCUT2D eigenvalue weighted by molar-refractivity contribution is 5.91. The van der Waals surface area contributed by atoms with Crippen molar-refractivity contribution in [3.05, 3.63) is 0 Å². The summed E-state index contributed by atoms with van der Waals surface area (Å²) in [5, 5.41) is 32.1. The molecule has 4 aliphatic carbocycles. The van der Waals surface area contributed by atoms with E-state index in [0.717, 1.165) is 12.8 Å². The van der Waals surface area contributed by atoms with Crippen molar-refractivity contribution in [2.75, 3.05) is 13.7 Å². The van der Waals surface area contributed by atoms with E-state index in [1.165, 1.54) is 7.11 Å². The topological polar surface area (TPSA) is 104 Å². The van der Waals surface area contributed by atoms with Crippen molar-refractivity contribution in [2.45, 2.75) is 64.6 Å². The first-order valence-corrected chi connectivity index (χ1v) is 10.3. The van der Waals surface area contributed by atoms with Gasteiger partial charge in [-0.25, -0.2) is 0 Å². The molecule has 0 aromatic carbocycles. The molecule has 4 saturated carbocycles. The van der Waals surface area contributed by atoms with E-state index in [2.05, 4.69) is 0 Å². The number of esters is 1. The monoisotopic (exact) mass is 380 g/mol. The number of ether oxygens (including phenoxy) is 1. The maximum Gasteiger partial charge on any atom is 0.311 e. The molecule has 9 unspecified atom stereocenters. The molecule has 6 nitrogen and oxygen atoms in total. The van der Waals surface area contributed by atoms with Gasteiger partial charge in [-0.1, -0.05) is 6.92 Å². The molecule has 0 aromatic heterocycles. The van der Waals surface area contributed by atoms with E-state index < -0.39 is 34.4 Å². The van der Waals surface area contributed by atoms with Crippen LogP contribution in [0.25, 0.3) is 0 Å². The fourth-order valence-corrected chi connectivity index (χ4v) is 7.86. The lowest BCUT2D eigenvalue weighted by atomic mass is 9.39. The molecule has 9 atom stereocenters. The summed E-state index contributed by atoms with van der Waals surface area (Å²) in [6.07, 6.45) is 2.00. The number of aliphatic hydroxyl groups is 3. The molecule has 2 bridgehead atoms. The molecule has 4 aliphatic rings. The van der Waals surface area contributed by atoms with Crippen LogP contribution in [0.1, 0.15) is 52.4 Å². The third kappa shape index (κ3) is 2.12. The summed E-state index contributed by atoms with van der Waals surface area (Å²) in [6.45, 7) is 3.73. The lowest BCUT2D eigenvalue weighted by Crippen LogP contribution is -2.68. The van der Waals surface area contributed by atoms with Gasteiger partial charge >= 0.3 is 5.97 Å². The Morgan fingerprint density at radius 3 is 2.48 bits per heavy atom. The number of carbonyl (C=O) groups is 2. The molecular formula is C21H32O6. The number of rotatable bonds is 2. The number of hydrogen-bond acceptors (Lipinski definition) is 6. The van der Waals surface area contributed by atoms with E-state index in [1.54, 1.807) is 0 Å². The third-order valence-electron chi connectivity index (χ3n) is 9.24. The molecule has 0 saturated heterocycles. The van der Waals surface area contributed by atoms with Crippen LogP contribution >= 0.6 is 0 Å². The van der Waals surface area contributed by atoms with Gasteiger partial charge in [0.15, 0.2) is 0 Å². The third-order valence-corrected chi connectivity index (χ3v) is 9.24. The fourth-order valence-electron chi connectivity index (χ4n) is 7.86. The van der Waals surface area contributed by atoms with E-state index in [4.69, 9.17) is 4.74 Å². The zero-order valence-electron chi connectivity index (χ0n) is 16.5. The van der Waals surface area contributed by atoms with Gasteiger partial charge in [0.1, 0.15) is 5.78 Å². The zero-order chi connectivity index (χ0) is 19.8. The standard InChI is InChI=1S/C21H32O6/c1-19(18(26)27-3)7-6-15(23)20(2)13-5-4-11-9-21(13,16(24)8-14(19)20)17(25)12(11)10-22/h11-16,22-24H,4-10H2,1-3H3. The van der Waals surface area contributed by atoms with Crippen LogP contribution in [0.2, 0.25) is 0 Å². The van der Waals surface area contributed by atoms with Crippen LogP contribution in [0.5, 0.6) is 0 Å². The second-order valence-corrected chi connectivity index (χ2v) is 9.92. The Balaban J connectivity index is 1.83. The van der Waals surface area contributed by atoms with Gasteiger partial charge in [-0.2, -0.15) is 0 Å². The highest BCUT2D eigenvalue weighted by Gasteiger charge is 2.73. The van der Waals surface area contributed by atoms with E-state index in [9.17, 15) is 24.9 Å². The van der Waals surface area contributed by atoms with Crippen molar-refractivity contribution in [1.29, 1.82) is 0 Å². The van der Waals surface area contributed by atoms with Crippen LogP contribution in [0.4, 0.5) is 0 Å². The Morgan fingerprint density at radius 2 is 1.85 bits per heavy atom. The van der Waals surface area contributed by atoms with E-state index in [-0.39, 0.29) is 36.1 Å². The summed E-state index contributed by atoms with van der Waals surface area (Å²) < 4.78 is 5.11. The quantitative estimate of drug-likeness (QED) is 0.624. The Kier molecular flexibility index (Phi) is 4.30. The average molecular weight is 380 g/mol. The summed E-state index contributed by atoms with van der Waals surface area (Å²) in [6, 6.07) is 0. The minimum absolute atomic E-state index is 0.0257. The van der Waals surface area contributed by atoms with Gasteiger partial charge in [-0.15, -0.1) is 0 Å². The zero-order valence-corrected chi connectivity index (χ0v) is 16.5. The number of methoxy groups -OCH3 is 1. The second-order valence-electron chi connectivity index (χ2n) is 9.92. The molecular weight excluding hydrogens is 348 g/mol. The Hall–Kier alpha value is -0.980. The SMILES string of the molecule is COC(=O)C1(C)CCC(O)C2(C)C1CC(O)C13CC(CCC12)C(CO)C3=O. The van der Waals surface area contributed by atoms with Crippen LogP contribution in [0, 0.1) is 39.9 Å². The molecule has 0 heterocycles. The molecule has 1 spiro atoms. The molecule has 0 aromatic rings. The molecule has 4 rings (SSSR count). The summed E-state index contributed by atoms with van der Waals surface area (Å²) >= 11 is 0. The summed E-state index contributed by atoms with van der Waals surface area (Å²) in [5.41, 5.74) is -2.30. The lowest BCUT2D eigenvalue weighted by Gasteiger charge is -2.65. The van der Waals surface area contributed by atoms with Gasteiger partial charge in [0.05, 0.1) is 36.8 Å². The van der Waals surface area contributed by atoms with Crippen molar-refractivity contribution < 1.29 is 29.6 Å². The van der Waals surface area contributed by atoms with Gasteiger partial charge in [0, 0.05) is 11.3 Å². The summed E-state index contributed by atoms with van der Waals surface area (Å²) in [7, 11) is 1.38. The molecule has 152 valence electrons. The predicted molar refractivity (Wildman–Crippen MR) is 96.4 cm³/mol. The van der Waals surface area contributed by atoms with Gasteiger partial charge in [0.2, 0.25) is 0 Å². The van der Waals surface area contributed by atoms with Crippen molar-refractivity contribution >= 4 is 11.8 Å². The van der Waals surface area contributed by atoms with Crippen LogP contribution in [-0.4, -0.2) is 53.0 Å². The Morgan fingerprint density at radius 1 is 1.15 bits per heavy atom. The van der Waals surface area contributed by atoms with Gasteiger partial charge < -0.3 is 20.1 Å². The normalized spacial score (nSPS) is 54.2. The average Bonchev–Trinajstić information content (AvgIpc) is 2.87. The predicted octanol–water partition coefficient (Wildman–Crippen LogP) is 1.30. The molecule has 0 radical (unpaired) electrons. The largest absolute Gasteiger partial charge is 0.469 e. The van der Waals surface area contributed by atoms with Gasteiger partial charge in [-0.3, -0.25) is 9.59 Å². The van der Waals surface area contributed by atoms with Crippen molar-refractivity contribution in [3.63, 3.8) is 0 Å². The van der Waals surface area contributed by atoms with Gasteiger partial charge in [-0.05, 0) is 63.2 Å². The van der Waals surface area contributed by atoms with Crippen LogP contribution < -0.4 is 0 Å². The first-order valence-electron chi connectivity index (χ1n) is 10.3. The molecule has 27 heavy (non-hydrogen) atoms. The number of hydrogen-bond donors (Lipinski definition) is 3. The van der Waals surface area contributed by atoms with Crippen molar-refractivity contribution in [2.24, 2.45) is 39.9 Å². The molecule has 6 heteroatoms. The Bertz CT molecular complexity index is 663. The molecule has 3 N–H and O–H groups in total. The fraction of sp³-hybridized carbons (Fsp3) is 0.905. The smallest absolute Gasteiger partial charge is 0.311 e. The maximum atomic E-state index is 13.4. The van der Waals surface area contributed by atoms with Crippen LogP contribution in [-0.2, 0) is 14.3 Å². The van der Waals surface area contributed by atoms with Crippen LogP contribution in [0.3, 0.4) is 0 Å². The maximum absolute atomic E-state index is 13.4. The second kappa shape index (κ2) is 6.01. The van der Waals surface area contributed by atoms with E-state index >= 15 is 0 Å². The molecule has 0 aliphatic heterocycles. The molecule has 0 amide bonds. The van der Waals surface area contributed by atoms with E-state index in [0.29, 0.717) is 25.7 Å². The van der Waals surface area contributed by atoms with Crippen LogP contribution in [0.15, 0.2) is 0 Å². The lowest BCUT2D eigenvalue weighted by molar-refractivity contribution is -0.235. The number of Topliss-reactive ketones (excluding diaryl/α,β-unsaturated/α-hetero) is 1. The Labute approximate surface area is 160 Å². The molecule has 4 fully saturated rings. The minimum atomic E-state index is -0.892. The number of aliphatic hydroxyl groups excluding tert-OH is 3. The van der Waals surface area contributed by atoms with Crippen molar-refractivity contribution in [1.82, 2.24) is 0 Å². The summed E-state index contributed by atoms with van der Waals surface area (Å²) in [4.78, 5) is 26.1. The minimum Gasteiger partial charge on any atom is -0.469 e. The number of ketones is 1. The van der Waals surface area contributed by atoms with Crippen molar-refractivity contribution in [3.8, 4) is 0 Å². The van der Waals surface area contributed by atoms with E-state index in [1.807, 2.05) is 13.8 Å². The highest BCUT2D eigenvalue weighted by Crippen LogP contribution is 2.71. The van der Waals surface area contributed by atoms with Gasteiger partial charge in [0.25, 0.3) is 0 Å².